The molecule has 1 saturated heterocycles. The summed E-state index contributed by atoms with van der Waals surface area (Å²) in [5, 5.41) is 1.22. The van der Waals surface area contributed by atoms with Crippen molar-refractivity contribution < 1.29 is 38.0 Å². The van der Waals surface area contributed by atoms with E-state index in [2.05, 4.69) is 16.0 Å². The van der Waals surface area contributed by atoms with Crippen LogP contribution in [0.1, 0.15) is 30.1 Å². The number of H-pyrrole nitrogens is 1. The zero-order chi connectivity index (χ0) is 29.4. The van der Waals surface area contributed by atoms with Crippen LogP contribution in [0, 0.1) is 17.8 Å². The third-order valence-electron chi connectivity index (χ3n) is 9.30. The van der Waals surface area contributed by atoms with Gasteiger partial charge < -0.3 is 33.4 Å². The van der Waals surface area contributed by atoms with Gasteiger partial charge in [-0.3, -0.25) is 9.69 Å². The molecule has 0 unspecified atom stereocenters. The molecule has 1 aromatic heterocycles. The number of methoxy groups -OCH3 is 4. The first-order valence-corrected chi connectivity index (χ1v) is 14.4. The predicted molar refractivity (Wildman–Crippen MR) is 154 cm³/mol. The topological polar surface area (TPSA) is 109 Å². The number of rotatable bonds is 8. The lowest BCUT2D eigenvalue weighted by Crippen LogP contribution is -2.58. The third kappa shape index (κ3) is 5.18. The Morgan fingerprint density at radius 1 is 0.952 bits per heavy atom. The van der Waals surface area contributed by atoms with E-state index in [4.69, 9.17) is 28.4 Å². The van der Waals surface area contributed by atoms with Crippen molar-refractivity contribution in [2.45, 2.75) is 37.5 Å². The minimum Gasteiger partial charge on any atom is -0.497 e. The summed E-state index contributed by atoms with van der Waals surface area (Å²) < 4.78 is 33.4. The normalized spacial score (nSPS) is 26.9. The minimum atomic E-state index is -0.620. The van der Waals surface area contributed by atoms with Crippen molar-refractivity contribution in [1.29, 1.82) is 0 Å². The van der Waals surface area contributed by atoms with Gasteiger partial charge >= 0.3 is 11.9 Å². The maximum Gasteiger partial charge on any atom is 0.344 e. The van der Waals surface area contributed by atoms with E-state index in [0.29, 0.717) is 17.9 Å². The van der Waals surface area contributed by atoms with Crippen molar-refractivity contribution in [3.05, 3.63) is 53.7 Å². The monoisotopic (exact) mass is 578 g/mol. The average Bonchev–Trinajstić information content (AvgIpc) is 3.40. The number of hydrogen-bond acceptors (Lipinski definition) is 9. The van der Waals surface area contributed by atoms with Crippen LogP contribution in [0.25, 0.3) is 10.9 Å². The van der Waals surface area contributed by atoms with Gasteiger partial charge in [-0.1, -0.05) is 0 Å². The minimum absolute atomic E-state index is 0.0149. The van der Waals surface area contributed by atoms with Gasteiger partial charge in [0, 0.05) is 42.9 Å². The van der Waals surface area contributed by atoms with Gasteiger partial charge in [-0.05, 0) is 73.1 Å². The predicted octanol–water partition coefficient (Wildman–Crippen LogP) is 3.92. The second-order valence-electron chi connectivity index (χ2n) is 11.3. The highest BCUT2D eigenvalue weighted by atomic mass is 16.6. The molecule has 2 fully saturated rings. The lowest BCUT2D eigenvalue weighted by Gasteiger charge is -2.52. The van der Waals surface area contributed by atoms with Crippen molar-refractivity contribution >= 4 is 22.8 Å². The molecule has 0 spiro atoms. The molecule has 2 aromatic carbocycles. The van der Waals surface area contributed by atoms with Gasteiger partial charge in [0.2, 0.25) is 0 Å². The Kier molecular flexibility index (Phi) is 8.00. The largest absolute Gasteiger partial charge is 0.497 e. The Morgan fingerprint density at radius 2 is 1.69 bits per heavy atom. The first-order valence-electron chi connectivity index (χ1n) is 14.4. The number of benzene rings is 2. The number of nitrogens with zero attached hydrogens (tertiary/aromatic N) is 1. The summed E-state index contributed by atoms with van der Waals surface area (Å²) in [6.45, 7) is 1.48. The Balaban J connectivity index is 1.21. The second-order valence-corrected chi connectivity index (χ2v) is 11.3. The maximum absolute atomic E-state index is 13.3. The molecular formula is C32H38N2O8. The van der Waals surface area contributed by atoms with Crippen LogP contribution in [0.2, 0.25) is 0 Å². The van der Waals surface area contributed by atoms with Gasteiger partial charge in [0.1, 0.15) is 29.5 Å². The molecule has 1 N–H and O–H groups in total. The number of aromatic amines is 1. The van der Waals surface area contributed by atoms with E-state index in [1.165, 1.54) is 23.8 Å². The fourth-order valence-electron chi connectivity index (χ4n) is 7.37. The molecular weight excluding hydrogens is 540 g/mol. The molecule has 2 aliphatic heterocycles. The average molecular weight is 579 g/mol. The van der Waals surface area contributed by atoms with E-state index in [1.54, 1.807) is 45.6 Å². The Morgan fingerprint density at radius 3 is 2.40 bits per heavy atom. The van der Waals surface area contributed by atoms with Gasteiger partial charge in [0.05, 0.1) is 33.3 Å². The number of piperidine rings is 1. The number of carbonyl (C=O) groups is 2. The number of carbonyl (C=O) groups excluding carboxylic acids is 2. The second kappa shape index (κ2) is 11.9. The van der Waals surface area contributed by atoms with Crippen LogP contribution >= 0.6 is 0 Å². The first-order chi connectivity index (χ1) is 20.4. The maximum atomic E-state index is 13.3. The lowest BCUT2D eigenvalue weighted by molar-refractivity contribution is -0.190. The smallest absolute Gasteiger partial charge is 0.344 e. The third-order valence-corrected chi connectivity index (χ3v) is 9.30. The lowest BCUT2D eigenvalue weighted by atomic mass is 9.64. The van der Waals surface area contributed by atoms with Crippen LogP contribution in [0.4, 0.5) is 0 Å². The summed E-state index contributed by atoms with van der Waals surface area (Å²) >= 11 is 0. The van der Waals surface area contributed by atoms with Crippen molar-refractivity contribution in [3.63, 3.8) is 0 Å². The van der Waals surface area contributed by atoms with Crippen LogP contribution in [0.5, 0.6) is 17.2 Å². The number of esters is 2. The molecule has 3 heterocycles. The molecule has 0 amide bonds. The van der Waals surface area contributed by atoms with Crippen molar-refractivity contribution in [1.82, 2.24) is 9.88 Å². The van der Waals surface area contributed by atoms with Gasteiger partial charge in [-0.2, -0.15) is 0 Å². The van der Waals surface area contributed by atoms with Gasteiger partial charge in [-0.25, -0.2) is 4.79 Å². The number of fused-ring (bicyclic) bond motifs is 6. The summed E-state index contributed by atoms with van der Waals surface area (Å²) in [5.41, 5.74) is 3.62. The van der Waals surface area contributed by atoms with Crippen LogP contribution in [0.3, 0.4) is 0 Å². The Hall–Kier alpha value is -3.76. The van der Waals surface area contributed by atoms with Crippen LogP contribution in [-0.2, 0) is 30.2 Å². The summed E-state index contributed by atoms with van der Waals surface area (Å²) in [4.78, 5) is 32.4. The van der Waals surface area contributed by atoms with E-state index >= 15 is 0 Å². The van der Waals surface area contributed by atoms with Crippen molar-refractivity contribution in [3.8, 4) is 17.2 Å². The highest BCUT2D eigenvalue weighted by Crippen LogP contribution is 2.50. The van der Waals surface area contributed by atoms with E-state index in [9.17, 15) is 9.59 Å². The summed E-state index contributed by atoms with van der Waals surface area (Å²) in [5.74, 6) is 0.800. The van der Waals surface area contributed by atoms with Crippen LogP contribution in [-0.4, -0.2) is 82.2 Å². The molecule has 0 bridgehead atoms. The molecule has 1 saturated carbocycles. The van der Waals surface area contributed by atoms with Gasteiger partial charge in [0.15, 0.2) is 6.61 Å². The molecule has 3 aliphatic rings. The molecule has 6 atom stereocenters. The van der Waals surface area contributed by atoms with Crippen LogP contribution in [0.15, 0.2) is 42.5 Å². The SMILES string of the molecule is COC(=O)[C@@H]1[C@H]2C[C@@H]3c4[nH]c5cc(OC)ccc5c4CCN3C[C@H]2C[C@@H](OC(=O)COc2ccc(OC)cc2)[C@@H]1OC. The highest BCUT2D eigenvalue weighted by Gasteiger charge is 2.54. The number of ether oxygens (including phenoxy) is 6. The first kappa shape index (κ1) is 28.4. The summed E-state index contributed by atoms with van der Waals surface area (Å²) in [7, 11) is 6.23. The van der Waals surface area contributed by atoms with Crippen LogP contribution < -0.4 is 14.2 Å². The fourth-order valence-corrected chi connectivity index (χ4v) is 7.37. The molecule has 10 heteroatoms. The Bertz CT molecular complexity index is 1440. The molecule has 1 aliphatic carbocycles. The van der Waals surface area contributed by atoms with E-state index in [0.717, 1.165) is 37.2 Å². The van der Waals surface area contributed by atoms with E-state index < -0.39 is 24.1 Å². The van der Waals surface area contributed by atoms with Gasteiger partial charge in [0.25, 0.3) is 0 Å². The molecule has 10 nitrogen and oxygen atoms in total. The van der Waals surface area contributed by atoms with E-state index in [1.807, 2.05) is 12.1 Å². The molecule has 6 rings (SSSR count). The molecule has 3 aromatic rings. The van der Waals surface area contributed by atoms with Gasteiger partial charge in [-0.15, -0.1) is 0 Å². The van der Waals surface area contributed by atoms with Crippen molar-refractivity contribution in [2.75, 3.05) is 48.1 Å². The molecule has 0 radical (unpaired) electrons. The number of nitrogens with one attached hydrogen (secondary N) is 1. The molecule has 42 heavy (non-hydrogen) atoms. The highest BCUT2D eigenvalue weighted by molar-refractivity contribution is 5.86. The molecule has 224 valence electrons. The zero-order valence-electron chi connectivity index (χ0n) is 24.5. The number of hydrogen-bond donors (Lipinski definition) is 1. The quantitative estimate of drug-likeness (QED) is 0.398. The number of aromatic nitrogens is 1. The summed E-state index contributed by atoms with van der Waals surface area (Å²) in [6, 6.07) is 13.3. The fraction of sp³-hybridized carbons (Fsp3) is 0.500. The van der Waals surface area contributed by atoms with E-state index in [-0.39, 0.29) is 30.5 Å². The standard InChI is InChI=1S/C32H38N2O8/c1-37-19-5-7-20(8-6-19)41-17-28(35)42-27-13-18-16-34-12-11-23-22-10-9-21(38-2)14-25(22)33-30(23)26(34)15-24(18)29(31(27)39-3)32(36)40-4/h5-10,14,18,24,26-27,29,31,33H,11-13,15-17H2,1-4H3/t18-,24+,26-,27-,29-,31+/m1/s1. The Labute approximate surface area is 245 Å². The van der Waals surface area contributed by atoms with Crippen molar-refractivity contribution in [2.24, 2.45) is 17.8 Å². The zero-order valence-corrected chi connectivity index (χ0v) is 24.5. The summed E-state index contributed by atoms with van der Waals surface area (Å²) in [6.07, 6.45) is 1.11.